The van der Waals surface area contributed by atoms with Crippen LogP contribution in [-0.2, 0) is 10.0 Å². The number of rotatable bonds is 5. The van der Waals surface area contributed by atoms with E-state index in [4.69, 9.17) is 11.6 Å². The fourth-order valence-electron chi connectivity index (χ4n) is 3.06. The Balaban J connectivity index is 1.56. The number of nitrogens with one attached hydrogen (secondary N) is 1. The van der Waals surface area contributed by atoms with Crippen LogP contribution in [0.15, 0.2) is 53.0 Å². The maximum atomic E-state index is 12.8. The minimum atomic E-state index is -3.73. The van der Waals surface area contributed by atoms with Gasteiger partial charge >= 0.3 is 0 Å². The molecule has 0 unspecified atom stereocenters. The van der Waals surface area contributed by atoms with E-state index >= 15 is 0 Å². The topological polar surface area (TPSA) is 92.3 Å². The van der Waals surface area contributed by atoms with Crippen molar-refractivity contribution in [2.24, 2.45) is 0 Å². The van der Waals surface area contributed by atoms with Crippen molar-refractivity contribution in [3.8, 4) is 11.3 Å². The molecular formula is C19H17ClN4O3S2. The molecule has 3 heterocycles. The van der Waals surface area contributed by atoms with E-state index in [9.17, 15) is 13.2 Å². The van der Waals surface area contributed by atoms with Crippen molar-refractivity contribution < 1.29 is 13.2 Å². The van der Waals surface area contributed by atoms with Gasteiger partial charge in [-0.3, -0.25) is 15.1 Å². The fourth-order valence-corrected chi connectivity index (χ4v) is 5.79. The number of amides is 1. The Labute approximate surface area is 177 Å². The van der Waals surface area contributed by atoms with Crippen molar-refractivity contribution in [2.75, 3.05) is 18.4 Å². The average Bonchev–Trinajstić information content (AvgIpc) is 3.41. The molecule has 0 radical (unpaired) electrons. The van der Waals surface area contributed by atoms with Crippen LogP contribution in [0.25, 0.3) is 11.3 Å². The van der Waals surface area contributed by atoms with Crippen molar-refractivity contribution in [1.29, 1.82) is 0 Å². The molecule has 1 aliphatic rings. The molecule has 1 aromatic carbocycles. The summed E-state index contributed by atoms with van der Waals surface area (Å²) in [6, 6.07) is 7.94. The quantitative estimate of drug-likeness (QED) is 0.639. The van der Waals surface area contributed by atoms with Crippen LogP contribution in [-0.4, -0.2) is 41.7 Å². The number of aromatic nitrogens is 2. The van der Waals surface area contributed by atoms with Crippen LogP contribution in [0.1, 0.15) is 23.2 Å². The van der Waals surface area contributed by atoms with E-state index in [0.717, 1.165) is 18.4 Å². The first-order valence-electron chi connectivity index (χ1n) is 8.92. The molecule has 2 aromatic heterocycles. The molecule has 1 amide bonds. The Morgan fingerprint density at radius 3 is 2.72 bits per heavy atom. The van der Waals surface area contributed by atoms with Gasteiger partial charge in [-0.1, -0.05) is 11.6 Å². The van der Waals surface area contributed by atoms with Crippen LogP contribution in [0.5, 0.6) is 0 Å². The molecule has 0 bridgehead atoms. The van der Waals surface area contributed by atoms with E-state index in [1.54, 1.807) is 12.4 Å². The maximum Gasteiger partial charge on any atom is 0.257 e. The normalized spacial score (nSPS) is 14.8. The Morgan fingerprint density at radius 2 is 2.00 bits per heavy atom. The van der Waals surface area contributed by atoms with Crippen LogP contribution in [0.3, 0.4) is 0 Å². The fraction of sp³-hybridized carbons (Fsp3) is 0.211. The second kappa shape index (κ2) is 8.19. The lowest BCUT2D eigenvalue weighted by atomic mass is 10.2. The average molecular weight is 449 g/mol. The molecule has 1 aliphatic heterocycles. The first kappa shape index (κ1) is 20.0. The van der Waals surface area contributed by atoms with Crippen molar-refractivity contribution in [1.82, 2.24) is 14.3 Å². The van der Waals surface area contributed by atoms with E-state index in [0.29, 0.717) is 23.9 Å². The highest BCUT2D eigenvalue weighted by Gasteiger charge is 2.29. The van der Waals surface area contributed by atoms with Crippen molar-refractivity contribution >= 4 is 44.0 Å². The molecule has 0 spiro atoms. The molecule has 4 rings (SSSR count). The van der Waals surface area contributed by atoms with Crippen LogP contribution in [0.2, 0.25) is 5.02 Å². The molecule has 1 fully saturated rings. The first-order valence-corrected chi connectivity index (χ1v) is 11.6. The number of pyridine rings is 1. The number of benzene rings is 1. The zero-order valence-corrected chi connectivity index (χ0v) is 17.6. The number of sulfonamides is 1. The molecule has 29 heavy (non-hydrogen) atoms. The van der Waals surface area contributed by atoms with Gasteiger partial charge in [0.1, 0.15) is 4.90 Å². The molecular weight excluding hydrogens is 432 g/mol. The highest BCUT2D eigenvalue weighted by Crippen LogP contribution is 2.29. The van der Waals surface area contributed by atoms with Crippen LogP contribution < -0.4 is 5.32 Å². The Bertz CT molecular complexity index is 1140. The summed E-state index contributed by atoms with van der Waals surface area (Å²) in [6.45, 7) is 0.927. The van der Waals surface area contributed by atoms with E-state index < -0.39 is 15.9 Å². The minimum absolute atomic E-state index is 0.0519. The van der Waals surface area contributed by atoms with Crippen LogP contribution in [0.4, 0.5) is 5.13 Å². The number of carbonyl (C=O) groups is 1. The highest BCUT2D eigenvalue weighted by atomic mass is 35.5. The van der Waals surface area contributed by atoms with Gasteiger partial charge in [-0.15, -0.1) is 11.3 Å². The lowest BCUT2D eigenvalue weighted by Crippen LogP contribution is -2.28. The monoisotopic (exact) mass is 448 g/mol. The van der Waals surface area contributed by atoms with Gasteiger partial charge in [0.25, 0.3) is 5.91 Å². The van der Waals surface area contributed by atoms with Gasteiger partial charge < -0.3 is 0 Å². The van der Waals surface area contributed by atoms with Crippen LogP contribution >= 0.6 is 22.9 Å². The number of thiazole rings is 1. The minimum Gasteiger partial charge on any atom is -0.298 e. The van der Waals surface area contributed by atoms with Gasteiger partial charge in [0.05, 0.1) is 10.7 Å². The third kappa shape index (κ3) is 4.18. The largest absolute Gasteiger partial charge is 0.298 e. The summed E-state index contributed by atoms with van der Waals surface area (Å²) in [4.78, 5) is 21.1. The summed E-state index contributed by atoms with van der Waals surface area (Å²) in [5, 5.41) is 5.04. The molecule has 0 saturated carbocycles. The van der Waals surface area contributed by atoms with Crippen molar-refractivity contribution in [3.05, 3.63) is 58.7 Å². The second-order valence-electron chi connectivity index (χ2n) is 6.49. The SMILES string of the molecule is O=C(Nc1nc(-c2cccnc2)cs1)c1ccc(Cl)c(S(=O)(=O)N2CCCC2)c1. The first-order chi connectivity index (χ1) is 13.9. The van der Waals surface area contributed by atoms with Crippen molar-refractivity contribution in [2.45, 2.75) is 17.7 Å². The summed E-state index contributed by atoms with van der Waals surface area (Å²) in [6.07, 6.45) is 5.00. The lowest BCUT2D eigenvalue weighted by Gasteiger charge is -2.17. The van der Waals surface area contributed by atoms with E-state index in [1.807, 2.05) is 17.5 Å². The molecule has 1 N–H and O–H groups in total. The summed E-state index contributed by atoms with van der Waals surface area (Å²) >= 11 is 7.42. The molecule has 0 aliphatic carbocycles. The zero-order valence-electron chi connectivity index (χ0n) is 15.2. The number of hydrogen-bond acceptors (Lipinski definition) is 6. The summed E-state index contributed by atoms with van der Waals surface area (Å²) in [5.74, 6) is -0.452. The highest BCUT2D eigenvalue weighted by molar-refractivity contribution is 7.89. The zero-order chi connectivity index (χ0) is 20.4. The van der Waals surface area contributed by atoms with Gasteiger partial charge in [0.2, 0.25) is 10.0 Å². The summed E-state index contributed by atoms with van der Waals surface area (Å²) < 4.78 is 27.1. The van der Waals surface area contributed by atoms with E-state index in [1.165, 1.54) is 33.8 Å². The second-order valence-corrected chi connectivity index (χ2v) is 9.66. The molecule has 150 valence electrons. The smallest absolute Gasteiger partial charge is 0.257 e. The predicted octanol–water partition coefficient (Wildman–Crippen LogP) is 3.90. The van der Waals surface area contributed by atoms with Gasteiger partial charge in [0, 0.05) is 42.0 Å². The van der Waals surface area contributed by atoms with Crippen LogP contribution in [0, 0.1) is 0 Å². The Morgan fingerprint density at radius 1 is 1.21 bits per heavy atom. The predicted molar refractivity (Wildman–Crippen MR) is 113 cm³/mol. The number of anilines is 1. The molecule has 7 nitrogen and oxygen atoms in total. The molecule has 10 heteroatoms. The number of halogens is 1. The third-order valence-corrected chi connectivity index (χ3v) is 7.70. The van der Waals surface area contributed by atoms with Crippen molar-refractivity contribution in [3.63, 3.8) is 0 Å². The Hall–Kier alpha value is -2.33. The number of nitrogens with zero attached hydrogens (tertiary/aromatic N) is 3. The molecule has 0 atom stereocenters. The number of hydrogen-bond donors (Lipinski definition) is 1. The number of carbonyl (C=O) groups excluding carboxylic acids is 1. The maximum absolute atomic E-state index is 12.8. The van der Waals surface area contributed by atoms with Gasteiger partial charge in [-0.05, 0) is 43.2 Å². The third-order valence-electron chi connectivity index (χ3n) is 4.56. The molecule has 3 aromatic rings. The Kier molecular flexibility index (Phi) is 5.64. The van der Waals surface area contributed by atoms with Gasteiger partial charge in [-0.25, -0.2) is 13.4 Å². The summed E-state index contributed by atoms with van der Waals surface area (Å²) in [5.41, 5.74) is 1.74. The van der Waals surface area contributed by atoms with E-state index in [-0.39, 0.29) is 15.5 Å². The van der Waals surface area contributed by atoms with E-state index in [2.05, 4.69) is 15.3 Å². The van der Waals surface area contributed by atoms with Gasteiger partial charge in [0.15, 0.2) is 5.13 Å². The lowest BCUT2D eigenvalue weighted by molar-refractivity contribution is 0.102. The summed E-state index contributed by atoms with van der Waals surface area (Å²) in [7, 11) is -3.73. The molecule has 1 saturated heterocycles. The van der Waals surface area contributed by atoms with Gasteiger partial charge in [-0.2, -0.15) is 4.31 Å². The standard InChI is InChI=1S/C19H17ClN4O3S2/c20-15-6-5-13(10-17(15)29(26,27)24-8-1-2-9-24)18(25)23-19-22-16(12-28-19)14-4-3-7-21-11-14/h3-7,10-12H,1-2,8-9H2,(H,22,23,25).